The fourth-order valence-corrected chi connectivity index (χ4v) is 1.31. The Morgan fingerprint density at radius 3 is 3.00 bits per heavy atom. The van der Waals surface area contributed by atoms with Crippen molar-refractivity contribution < 1.29 is 4.79 Å². The SMILES string of the molecule is O=CC1C=C(Cl)CCC1. The molecule has 1 aliphatic carbocycles. The van der Waals surface area contributed by atoms with E-state index >= 15 is 0 Å². The van der Waals surface area contributed by atoms with Crippen molar-refractivity contribution in [3.05, 3.63) is 11.1 Å². The Hall–Kier alpha value is -0.300. The highest BCUT2D eigenvalue weighted by Crippen LogP contribution is 2.23. The van der Waals surface area contributed by atoms with E-state index in [1.54, 1.807) is 0 Å². The lowest BCUT2D eigenvalue weighted by Crippen LogP contribution is -2.02. The van der Waals surface area contributed by atoms with Crippen LogP contribution in [-0.2, 0) is 4.79 Å². The number of hydrogen-bond acceptors (Lipinski definition) is 1. The maximum atomic E-state index is 10.2. The van der Waals surface area contributed by atoms with Gasteiger partial charge in [-0.15, -0.1) is 0 Å². The lowest BCUT2D eigenvalue weighted by atomic mass is 9.97. The Bertz CT molecular complexity index is 140. The zero-order valence-corrected chi connectivity index (χ0v) is 5.90. The minimum absolute atomic E-state index is 0.0891. The zero-order chi connectivity index (χ0) is 6.69. The van der Waals surface area contributed by atoms with Crippen LogP contribution >= 0.6 is 11.6 Å². The molecule has 9 heavy (non-hydrogen) atoms. The van der Waals surface area contributed by atoms with Crippen LogP contribution in [-0.4, -0.2) is 6.29 Å². The van der Waals surface area contributed by atoms with E-state index in [1.165, 1.54) is 0 Å². The van der Waals surface area contributed by atoms with Gasteiger partial charge >= 0.3 is 0 Å². The topological polar surface area (TPSA) is 17.1 Å². The van der Waals surface area contributed by atoms with Gasteiger partial charge in [-0.1, -0.05) is 17.7 Å². The summed E-state index contributed by atoms with van der Waals surface area (Å²) in [5.41, 5.74) is 0. The standard InChI is InChI=1S/C7H9ClO/c8-7-3-1-2-6(4-7)5-9/h4-6H,1-3H2. The van der Waals surface area contributed by atoms with Crippen molar-refractivity contribution in [2.45, 2.75) is 19.3 Å². The van der Waals surface area contributed by atoms with Crippen LogP contribution in [0.3, 0.4) is 0 Å². The summed E-state index contributed by atoms with van der Waals surface area (Å²) in [6, 6.07) is 0. The van der Waals surface area contributed by atoms with Gasteiger partial charge in [0.25, 0.3) is 0 Å². The quantitative estimate of drug-likeness (QED) is 0.516. The number of rotatable bonds is 1. The van der Waals surface area contributed by atoms with Crippen LogP contribution < -0.4 is 0 Å². The van der Waals surface area contributed by atoms with Crippen LogP contribution in [0.25, 0.3) is 0 Å². The first kappa shape index (κ1) is 6.81. The maximum absolute atomic E-state index is 10.2. The Morgan fingerprint density at radius 2 is 2.56 bits per heavy atom. The van der Waals surface area contributed by atoms with Crippen molar-refractivity contribution in [2.24, 2.45) is 5.92 Å². The molecular formula is C7H9ClO. The molecule has 0 heterocycles. The fourth-order valence-electron chi connectivity index (χ4n) is 1.01. The average molecular weight is 145 g/mol. The van der Waals surface area contributed by atoms with E-state index in [1.807, 2.05) is 6.08 Å². The normalized spacial score (nSPS) is 27.2. The molecule has 0 amide bonds. The Morgan fingerprint density at radius 1 is 1.78 bits per heavy atom. The van der Waals surface area contributed by atoms with Gasteiger partial charge in [0.05, 0.1) is 0 Å². The first-order valence-electron chi connectivity index (χ1n) is 3.14. The molecule has 1 aliphatic rings. The van der Waals surface area contributed by atoms with Gasteiger partial charge in [-0.2, -0.15) is 0 Å². The largest absolute Gasteiger partial charge is 0.303 e. The number of aldehydes is 1. The van der Waals surface area contributed by atoms with Gasteiger partial charge in [0.1, 0.15) is 6.29 Å². The number of allylic oxidation sites excluding steroid dienone is 2. The molecule has 1 unspecified atom stereocenters. The minimum Gasteiger partial charge on any atom is -0.303 e. The van der Waals surface area contributed by atoms with E-state index in [4.69, 9.17) is 11.6 Å². The molecule has 1 rings (SSSR count). The minimum atomic E-state index is 0.0891. The molecule has 0 bridgehead atoms. The van der Waals surface area contributed by atoms with Gasteiger partial charge < -0.3 is 4.79 Å². The van der Waals surface area contributed by atoms with Crippen molar-refractivity contribution in [1.29, 1.82) is 0 Å². The zero-order valence-electron chi connectivity index (χ0n) is 5.14. The highest BCUT2D eigenvalue weighted by Gasteiger charge is 2.10. The average Bonchev–Trinajstić information content (AvgIpc) is 1.88. The molecule has 0 fully saturated rings. The van der Waals surface area contributed by atoms with Gasteiger partial charge in [-0.25, -0.2) is 0 Å². The van der Waals surface area contributed by atoms with Crippen molar-refractivity contribution in [1.82, 2.24) is 0 Å². The summed E-state index contributed by atoms with van der Waals surface area (Å²) in [6.07, 6.45) is 5.78. The predicted molar refractivity (Wildman–Crippen MR) is 37.3 cm³/mol. The van der Waals surface area contributed by atoms with Crippen LogP contribution in [0.5, 0.6) is 0 Å². The second-order valence-corrected chi connectivity index (χ2v) is 2.79. The lowest BCUT2D eigenvalue weighted by molar-refractivity contribution is -0.110. The monoisotopic (exact) mass is 144 g/mol. The molecule has 0 saturated carbocycles. The molecule has 0 aromatic heterocycles. The fraction of sp³-hybridized carbons (Fsp3) is 0.571. The summed E-state index contributed by atoms with van der Waals surface area (Å²) in [5.74, 6) is 0.0891. The second-order valence-electron chi connectivity index (χ2n) is 2.31. The smallest absolute Gasteiger partial charge is 0.126 e. The molecule has 0 radical (unpaired) electrons. The molecular weight excluding hydrogens is 136 g/mol. The Balaban J connectivity index is 2.56. The van der Waals surface area contributed by atoms with E-state index in [-0.39, 0.29) is 5.92 Å². The third-order valence-electron chi connectivity index (χ3n) is 1.52. The summed E-state index contributed by atoms with van der Waals surface area (Å²) in [6.45, 7) is 0. The predicted octanol–water partition coefficient (Wildman–Crippen LogP) is 2.11. The summed E-state index contributed by atoms with van der Waals surface area (Å²) in [4.78, 5) is 10.2. The molecule has 0 spiro atoms. The highest BCUT2D eigenvalue weighted by atomic mass is 35.5. The third kappa shape index (κ3) is 1.83. The van der Waals surface area contributed by atoms with Gasteiger partial charge in [0, 0.05) is 11.0 Å². The second kappa shape index (κ2) is 3.02. The van der Waals surface area contributed by atoms with E-state index in [9.17, 15) is 4.79 Å². The molecule has 0 N–H and O–H groups in total. The summed E-state index contributed by atoms with van der Waals surface area (Å²) in [5, 5.41) is 0.846. The van der Waals surface area contributed by atoms with Crippen LogP contribution in [0.4, 0.5) is 0 Å². The molecule has 0 aliphatic heterocycles. The van der Waals surface area contributed by atoms with Crippen LogP contribution in [0.15, 0.2) is 11.1 Å². The Labute approximate surface area is 59.7 Å². The van der Waals surface area contributed by atoms with Crippen molar-refractivity contribution >= 4 is 17.9 Å². The first-order chi connectivity index (χ1) is 4.33. The Kier molecular flexibility index (Phi) is 2.29. The van der Waals surface area contributed by atoms with Crippen molar-refractivity contribution in [3.8, 4) is 0 Å². The summed E-state index contributed by atoms with van der Waals surface area (Å²) < 4.78 is 0. The molecule has 50 valence electrons. The molecule has 0 aromatic carbocycles. The number of carbonyl (C=O) groups is 1. The van der Waals surface area contributed by atoms with E-state index < -0.39 is 0 Å². The molecule has 0 saturated heterocycles. The van der Waals surface area contributed by atoms with Gasteiger partial charge in [0.2, 0.25) is 0 Å². The van der Waals surface area contributed by atoms with Crippen LogP contribution in [0.2, 0.25) is 0 Å². The van der Waals surface area contributed by atoms with Crippen LogP contribution in [0, 0.1) is 5.92 Å². The van der Waals surface area contributed by atoms with Crippen molar-refractivity contribution in [2.75, 3.05) is 0 Å². The molecule has 0 aromatic rings. The van der Waals surface area contributed by atoms with Gasteiger partial charge in [0.15, 0.2) is 0 Å². The van der Waals surface area contributed by atoms with Crippen LogP contribution in [0.1, 0.15) is 19.3 Å². The van der Waals surface area contributed by atoms with Gasteiger partial charge in [-0.3, -0.25) is 0 Å². The van der Waals surface area contributed by atoms with E-state index in [0.717, 1.165) is 30.6 Å². The number of hydrogen-bond donors (Lipinski definition) is 0. The van der Waals surface area contributed by atoms with E-state index in [0.29, 0.717) is 0 Å². The summed E-state index contributed by atoms with van der Waals surface area (Å²) in [7, 11) is 0. The van der Waals surface area contributed by atoms with E-state index in [2.05, 4.69) is 0 Å². The highest BCUT2D eigenvalue weighted by molar-refractivity contribution is 6.29. The molecule has 1 atom stereocenters. The number of halogens is 1. The van der Waals surface area contributed by atoms with Gasteiger partial charge in [-0.05, 0) is 19.3 Å². The third-order valence-corrected chi connectivity index (χ3v) is 1.84. The summed E-state index contributed by atoms with van der Waals surface area (Å²) >= 11 is 5.69. The first-order valence-corrected chi connectivity index (χ1v) is 3.52. The molecule has 1 nitrogen and oxygen atoms in total. The van der Waals surface area contributed by atoms with Crippen molar-refractivity contribution in [3.63, 3.8) is 0 Å². The number of carbonyl (C=O) groups excluding carboxylic acids is 1. The molecule has 2 heteroatoms. The lowest BCUT2D eigenvalue weighted by Gasteiger charge is -2.11. The maximum Gasteiger partial charge on any atom is 0.126 e.